The Morgan fingerprint density at radius 1 is 0.959 bits per heavy atom. The first kappa shape index (κ1) is 37.6. The Bertz CT molecular complexity index is 1490. The number of ether oxygens (including phenoxy) is 2. The first-order valence-electron chi connectivity index (χ1n) is 17.2. The van der Waals surface area contributed by atoms with Crippen molar-refractivity contribution in [2.75, 3.05) is 33.9 Å². The van der Waals surface area contributed by atoms with Gasteiger partial charge in [0, 0.05) is 26.7 Å². The zero-order valence-corrected chi connectivity index (χ0v) is 29.2. The normalized spacial score (nSPS) is 18.4. The first-order valence-corrected chi connectivity index (χ1v) is 17.2. The molecule has 1 heterocycles. The van der Waals surface area contributed by atoms with Crippen molar-refractivity contribution in [2.45, 2.75) is 76.2 Å². The van der Waals surface area contributed by atoms with Crippen molar-refractivity contribution in [3.8, 4) is 5.75 Å². The fourth-order valence-corrected chi connectivity index (χ4v) is 6.62. The molecule has 5 atom stereocenters. The Labute approximate surface area is 290 Å². The standard InChI is InChI=1S/C39H52N4O6/c1-5-28(2)39(42-36(45)27-48-3)21-22-43(38(39)47)34(20-19-29-13-8-6-9-14-29)37(46)41-33(24-30-15-10-7-11-16-30)35(44)26-40-25-31-17-12-18-32(23-31)49-4/h6-18,23,28,33-35,40,44H,5,19-22,24-27H2,1-4H3,(H,41,46)(H,42,45)/t28?,33-,34-,35+,39-/m0/s1. The second kappa shape index (κ2) is 18.5. The van der Waals surface area contributed by atoms with Crippen LogP contribution in [-0.4, -0.2) is 85.4 Å². The molecule has 49 heavy (non-hydrogen) atoms. The number of aliphatic hydroxyl groups is 1. The van der Waals surface area contributed by atoms with Crippen molar-refractivity contribution in [3.63, 3.8) is 0 Å². The van der Waals surface area contributed by atoms with E-state index >= 15 is 0 Å². The zero-order chi connectivity index (χ0) is 35.2. The number of hydrogen-bond donors (Lipinski definition) is 4. The van der Waals surface area contributed by atoms with Gasteiger partial charge in [0.25, 0.3) is 0 Å². The van der Waals surface area contributed by atoms with Gasteiger partial charge in [-0.3, -0.25) is 14.4 Å². The lowest BCUT2D eigenvalue weighted by molar-refractivity contribution is -0.145. The highest BCUT2D eigenvalue weighted by molar-refractivity contribution is 5.97. The third kappa shape index (κ3) is 10.1. The molecule has 3 amide bonds. The van der Waals surface area contributed by atoms with Gasteiger partial charge >= 0.3 is 0 Å². The van der Waals surface area contributed by atoms with E-state index in [2.05, 4.69) is 16.0 Å². The lowest BCUT2D eigenvalue weighted by Gasteiger charge is -2.36. The second-order valence-electron chi connectivity index (χ2n) is 12.9. The highest BCUT2D eigenvalue weighted by Crippen LogP contribution is 2.34. The van der Waals surface area contributed by atoms with Crippen molar-refractivity contribution in [2.24, 2.45) is 5.92 Å². The van der Waals surface area contributed by atoms with Gasteiger partial charge in [-0.05, 0) is 60.4 Å². The largest absolute Gasteiger partial charge is 0.497 e. The minimum Gasteiger partial charge on any atom is -0.497 e. The monoisotopic (exact) mass is 672 g/mol. The van der Waals surface area contributed by atoms with E-state index < -0.39 is 23.7 Å². The van der Waals surface area contributed by atoms with E-state index in [9.17, 15) is 19.5 Å². The van der Waals surface area contributed by atoms with Gasteiger partial charge in [-0.25, -0.2) is 0 Å². The number of methoxy groups -OCH3 is 2. The van der Waals surface area contributed by atoms with Crippen molar-refractivity contribution in [1.29, 1.82) is 0 Å². The molecule has 1 unspecified atom stereocenters. The molecule has 1 fully saturated rings. The highest BCUT2D eigenvalue weighted by Gasteiger charge is 2.53. The lowest BCUT2D eigenvalue weighted by Crippen LogP contribution is -2.61. The molecule has 0 aliphatic carbocycles. The van der Waals surface area contributed by atoms with Gasteiger partial charge in [-0.2, -0.15) is 0 Å². The lowest BCUT2D eigenvalue weighted by atomic mass is 9.81. The van der Waals surface area contributed by atoms with Gasteiger partial charge in [0.1, 0.15) is 23.9 Å². The summed E-state index contributed by atoms with van der Waals surface area (Å²) in [6.07, 6.45) is 1.48. The Kier molecular flexibility index (Phi) is 14.2. The Hall–Kier alpha value is -4.25. The first-order chi connectivity index (χ1) is 23.7. The molecule has 0 aromatic heterocycles. The molecule has 1 aliphatic heterocycles. The molecule has 10 heteroatoms. The maximum Gasteiger partial charge on any atom is 0.249 e. The van der Waals surface area contributed by atoms with Crippen LogP contribution in [0.4, 0.5) is 0 Å². The Morgan fingerprint density at radius 3 is 2.29 bits per heavy atom. The smallest absolute Gasteiger partial charge is 0.249 e. The Balaban J connectivity index is 1.57. The molecule has 264 valence electrons. The molecule has 0 bridgehead atoms. The van der Waals surface area contributed by atoms with Gasteiger partial charge in [0.15, 0.2) is 0 Å². The van der Waals surface area contributed by atoms with Crippen molar-refractivity contribution < 1.29 is 29.0 Å². The molecule has 1 saturated heterocycles. The maximum absolute atomic E-state index is 14.4. The number of likely N-dealkylation sites (tertiary alicyclic amines) is 1. The van der Waals surface area contributed by atoms with Crippen LogP contribution in [0.1, 0.15) is 49.8 Å². The van der Waals surface area contributed by atoms with Crippen LogP contribution in [0, 0.1) is 5.92 Å². The SMILES string of the molecule is CCC(C)[C@@]1(NC(=O)COC)CCN([C@@H](CCc2ccccc2)C(=O)N[C@@H](Cc2ccccc2)[C@H](O)CNCc2cccc(OC)c2)C1=O. The summed E-state index contributed by atoms with van der Waals surface area (Å²) in [4.78, 5) is 43.2. The van der Waals surface area contributed by atoms with E-state index in [1.54, 1.807) is 12.0 Å². The fourth-order valence-electron chi connectivity index (χ4n) is 6.62. The van der Waals surface area contributed by atoms with Gasteiger partial charge in [-0.1, -0.05) is 93.1 Å². The van der Waals surface area contributed by atoms with Crippen LogP contribution in [0.2, 0.25) is 0 Å². The van der Waals surface area contributed by atoms with Crippen LogP contribution in [0.5, 0.6) is 5.75 Å². The number of benzene rings is 3. The van der Waals surface area contributed by atoms with Gasteiger partial charge < -0.3 is 35.4 Å². The molecule has 3 aromatic rings. The van der Waals surface area contributed by atoms with Crippen LogP contribution in [0.15, 0.2) is 84.9 Å². The van der Waals surface area contributed by atoms with Crippen molar-refractivity contribution in [1.82, 2.24) is 20.9 Å². The molecule has 0 saturated carbocycles. The summed E-state index contributed by atoms with van der Waals surface area (Å²) in [5, 5.41) is 20.9. The number of amides is 3. The summed E-state index contributed by atoms with van der Waals surface area (Å²) >= 11 is 0. The Morgan fingerprint density at radius 2 is 1.63 bits per heavy atom. The quantitative estimate of drug-likeness (QED) is 0.153. The minimum atomic E-state index is -1.14. The summed E-state index contributed by atoms with van der Waals surface area (Å²) in [5.74, 6) is -0.370. The van der Waals surface area contributed by atoms with Crippen LogP contribution in [0.3, 0.4) is 0 Å². The van der Waals surface area contributed by atoms with Crippen LogP contribution in [0.25, 0.3) is 0 Å². The summed E-state index contributed by atoms with van der Waals surface area (Å²) in [5.41, 5.74) is 1.89. The molecule has 0 radical (unpaired) electrons. The number of carbonyl (C=O) groups is 3. The van der Waals surface area contributed by atoms with Gasteiger partial charge in [0.05, 0.1) is 19.3 Å². The number of nitrogens with one attached hydrogen (secondary N) is 3. The molecular weight excluding hydrogens is 620 g/mol. The summed E-state index contributed by atoms with van der Waals surface area (Å²) in [6.45, 7) is 4.84. The predicted molar refractivity (Wildman–Crippen MR) is 190 cm³/mol. The van der Waals surface area contributed by atoms with E-state index in [-0.39, 0.29) is 36.8 Å². The number of nitrogens with zero attached hydrogens (tertiary/aromatic N) is 1. The third-order valence-corrected chi connectivity index (χ3v) is 9.62. The summed E-state index contributed by atoms with van der Waals surface area (Å²) in [6, 6.07) is 25.8. The van der Waals surface area contributed by atoms with E-state index in [4.69, 9.17) is 9.47 Å². The van der Waals surface area contributed by atoms with E-state index in [0.717, 1.165) is 22.4 Å². The molecule has 0 spiro atoms. The summed E-state index contributed by atoms with van der Waals surface area (Å²) < 4.78 is 10.4. The van der Waals surface area contributed by atoms with Gasteiger partial charge in [-0.15, -0.1) is 0 Å². The van der Waals surface area contributed by atoms with Crippen LogP contribution in [-0.2, 0) is 38.5 Å². The number of rotatable bonds is 19. The molecule has 3 aromatic carbocycles. The third-order valence-electron chi connectivity index (χ3n) is 9.62. The number of carbonyl (C=O) groups excluding carboxylic acids is 3. The molecule has 4 N–H and O–H groups in total. The number of hydrogen-bond acceptors (Lipinski definition) is 7. The number of aryl methyl sites for hydroxylation is 1. The van der Waals surface area contributed by atoms with Crippen molar-refractivity contribution in [3.05, 3.63) is 102 Å². The van der Waals surface area contributed by atoms with Crippen LogP contribution >= 0.6 is 0 Å². The maximum atomic E-state index is 14.4. The van der Waals surface area contributed by atoms with Gasteiger partial charge in [0.2, 0.25) is 17.7 Å². The van der Waals surface area contributed by atoms with Crippen molar-refractivity contribution >= 4 is 17.7 Å². The zero-order valence-electron chi connectivity index (χ0n) is 29.2. The number of aliphatic hydroxyl groups excluding tert-OH is 1. The van der Waals surface area contributed by atoms with E-state index in [1.807, 2.05) is 98.8 Å². The molecule has 10 nitrogen and oxygen atoms in total. The summed E-state index contributed by atoms with van der Waals surface area (Å²) in [7, 11) is 3.06. The fraction of sp³-hybridized carbons (Fsp3) is 0.462. The highest BCUT2D eigenvalue weighted by atomic mass is 16.5. The minimum absolute atomic E-state index is 0.158. The molecular formula is C39H52N4O6. The van der Waals surface area contributed by atoms with E-state index in [1.165, 1.54) is 7.11 Å². The average Bonchev–Trinajstić information content (AvgIpc) is 3.44. The predicted octanol–water partition coefficient (Wildman–Crippen LogP) is 3.65. The average molecular weight is 673 g/mol. The molecule has 4 rings (SSSR count). The topological polar surface area (TPSA) is 129 Å². The second-order valence-corrected chi connectivity index (χ2v) is 12.9. The van der Waals surface area contributed by atoms with E-state index in [0.29, 0.717) is 45.2 Å². The van der Waals surface area contributed by atoms with Crippen LogP contribution < -0.4 is 20.7 Å². The molecule has 1 aliphatic rings.